The molecule has 0 spiro atoms. The van der Waals surface area contributed by atoms with E-state index in [9.17, 15) is 14.0 Å². The molecule has 6 nitrogen and oxygen atoms in total. The number of esters is 1. The van der Waals surface area contributed by atoms with E-state index in [1.165, 1.54) is 28.0 Å². The molecular weight excluding hydrogens is 586 g/mol. The smallest absolute Gasteiger partial charge is 0.338 e. The van der Waals surface area contributed by atoms with Crippen molar-refractivity contribution in [3.05, 3.63) is 130 Å². The molecule has 4 aromatic rings. The van der Waals surface area contributed by atoms with Crippen molar-refractivity contribution in [1.29, 1.82) is 0 Å². The first kappa shape index (κ1) is 28.8. The van der Waals surface area contributed by atoms with Gasteiger partial charge in [-0.25, -0.2) is 14.2 Å². The second-order valence-electron chi connectivity index (χ2n) is 9.68. The number of halogens is 3. The van der Waals surface area contributed by atoms with E-state index >= 15 is 0 Å². The van der Waals surface area contributed by atoms with Gasteiger partial charge in [0.1, 0.15) is 18.2 Å². The van der Waals surface area contributed by atoms with E-state index in [2.05, 4.69) is 4.99 Å². The van der Waals surface area contributed by atoms with E-state index in [4.69, 9.17) is 32.7 Å². The maximum absolute atomic E-state index is 13.9. The third-order valence-corrected chi connectivity index (χ3v) is 7.81. The summed E-state index contributed by atoms with van der Waals surface area (Å²) in [7, 11) is 0. The van der Waals surface area contributed by atoms with Crippen molar-refractivity contribution in [2.75, 3.05) is 0 Å². The molecule has 0 amide bonds. The van der Waals surface area contributed by atoms with Gasteiger partial charge in [-0.15, -0.1) is 0 Å². The minimum absolute atomic E-state index is 0.196. The number of nitrogens with zero attached hydrogens (tertiary/aromatic N) is 2. The maximum Gasteiger partial charge on any atom is 0.338 e. The molecule has 5 rings (SSSR count). The van der Waals surface area contributed by atoms with E-state index in [1.807, 2.05) is 0 Å². The van der Waals surface area contributed by atoms with Gasteiger partial charge in [0, 0.05) is 15.6 Å². The number of hydrogen-bond donors (Lipinski definition) is 0. The van der Waals surface area contributed by atoms with E-state index < -0.39 is 12.0 Å². The number of hydrogen-bond acceptors (Lipinski definition) is 6. The molecule has 0 aliphatic carbocycles. The molecule has 1 aromatic heterocycles. The summed E-state index contributed by atoms with van der Waals surface area (Å²) in [6.45, 7) is 5.46. The zero-order valence-electron chi connectivity index (χ0n) is 22.4. The highest BCUT2D eigenvalue weighted by Gasteiger charge is 2.33. The minimum Gasteiger partial charge on any atom is -0.488 e. The molecule has 0 bridgehead atoms. The average molecular weight is 612 g/mol. The highest BCUT2D eigenvalue weighted by atomic mass is 35.5. The number of fused-ring (bicyclic) bond motifs is 1. The summed E-state index contributed by atoms with van der Waals surface area (Å²) in [5.74, 6) is -0.373. The Bertz CT molecular complexity index is 1830. The summed E-state index contributed by atoms with van der Waals surface area (Å²) >= 11 is 13.6. The van der Waals surface area contributed by atoms with Crippen LogP contribution in [0.5, 0.6) is 5.75 Å². The van der Waals surface area contributed by atoms with E-state index in [-0.39, 0.29) is 29.7 Å². The zero-order chi connectivity index (χ0) is 29.3. The van der Waals surface area contributed by atoms with Gasteiger partial charge in [0.15, 0.2) is 4.80 Å². The lowest BCUT2D eigenvalue weighted by Crippen LogP contribution is -2.40. The lowest BCUT2D eigenvalue weighted by Gasteiger charge is -2.25. The third-order valence-electron chi connectivity index (χ3n) is 6.34. The molecule has 1 aliphatic rings. The van der Waals surface area contributed by atoms with Gasteiger partial charge in [-0.1, -0.05) is 58.8 Å². The van der Waals surface area contributed by atoms with E-state index in [0.717, 1.165) is 5.56 Å². The number of benzene rings is 3. The molecular formula is C31H25Cl2FN2O4S. The zero-order valence-corrected chi connectivity index (χ0v) is 24.7. The predicted octanol–water partition coefficient (Wildman–Crippen LogP) is 6.21. The fourth-order valence-corrected chi connectivity index (χ4v) is 5.81. The van der Waals surface area contributed by atoms with Crippen molar-refractivity contribution >= 4 is 46.6 Å². The normalized spacial score (nSPS) is 15.1. The van der Waals surface area contributed by atoms with Crippen molar-refractivity contribution in [3.8, 4) is 5.75 Å². The van der Waals surface area contributed by atoms with Gasteiger partial charge in [0.25, 0.3) is 5.56 Å². The molecule has 1 atom stereocenters. The van der Waals surface area contributed by atoms with E-state index in [1.54, 1.807) is 81.4 Å². The van der Waals surface area contributed by atoms with Crippen LogP contribution in [0, 0.1) is 5.82 Å². The summed E-state index contributed by atoms with van der Waals surface area (Å²) in [5, 5.41) is 0.994. The van der Waals surface area contributed by atoms with Gasteiger partial charge >= 0.3 is 5.97 Å². The van der Waals surface area contributed by atoms with Crippen molar-refractivity contribution in [2.24, 2.45) is 4.99 Å². The number of thiazole rings is 1. The summed E-state index contributed by atoms with van der Waals surface area (Å²) in [6.07, 6.45) is 1.34. The van der Waals surface area contributed by atoms with Crippen LogP contribution < -0.4 is 19.6 Å². The molecule has 3 aromatic carbocycles. The quantitative estimate of drug-likeness (QED) is 0.233. The first-order valence-electron chi connectivity index (χ1n) is 12.8. The van der Waals surface area contributed by atoms with Crippen LogP contribution in [0.1, 0.15) is 43.5 Å². The highest BCUT2D eigenvalue weighted by molar-refractivity contribution is 7.07. The Morgan fingerprint density at radius 2 is 1.76 bits per heavy atom. The van der Waals surface area contributed by atoms with Gasteiger partial charge in [-0.3, -0.25) is 9.36 Å². The Hall–Kier alpha value is -3.72. The van der Waals surface area contributed by atoms with Gasteiger partial charge in [-0.05, 0) is 80.4 Å². The van der Waals surface area contributed by atoms with Crippen molar-refractivity contribution in [1.82, 2.24) is 4.57 Å². The molecule has 210 valence electrons. The average Bonchev–Trinajstić information content (AvgIpc) is 3.22. The molecule has 10 heteroatoms. The number of rotatable bonds is 7. The molecule has 0 fully saturated rings. The predicted molar refractivity (Wildman–Crippen MR) is 159 cm³/mol. The number of carbonyl (C=O) groups is 1. The Kier molecular flexibility index (Phi) is 8.45. The molecule has 0 radical (unpaired) electrons. The Labute approximate surface area is 249 Å². The molecule has 0 N–H and O–H groups in total. The van der Waals surface area contributed by atoms with Crippen LogP contribution in [0.3, 0.4) is 0 Å². The Morgan fingerprint density at radius 3 is 2.44 bits per heavy atom. The van der Waals surface area contributed by atoms with Gasteiger partial charge < -0.3 is 9.47 Å². The van der Waals surface area contributed by atoms with Crippen molar-refractivity contribution < 1.29 is 18.7 Å². The molecule has 1 aliphatic heterocycles. The van der Waals surface area contributed by atoms with Gasteiger partial charge in [0.05, 0.1) is 27.9 Å². The standard InChI is InChI=1S/C31H25Cl2FN2O4S/c1-17(2)40-30(38)27-18(3)35-31-36(28(27)20-6-8-22(32)9-7-20)29(37)26(41-31)15-21-14-23(33)10-13-25(21)39-16-19-4-11-24(34)12-5-19/h4-15,17,28H,16H2,1-3H3/b26-15-/t28-/m1/s1. The van der Waals surface area contributed by atoms with Crippen LogP contribution in [0.4, 0.5) is 4.39 Å². The molecule has 41 heavy (non-hydrogen) atoms. The van der Waals surface area contributed by atoms with Crippen LogP contribution in [0.2, 0.25) is 10.0 Å². The Morgan fingerprint density at radius 1 is 1.07 bits per heavy atom. The second kappa shape index (κ2) is 12.0. The minimum atomic E-state index is -0.759. The number of carbonyl (C=O) groups excluding carboxylic acids is 1. The number of ether oxygens (including phenoxy) is 2. The largest absolute Gasteiger partial charge is 0.488 e. The van der Waals surface area contributed by atoms with Crippen LogP contribution in [0.25, 0.3) is 6.08 Å². The summed E-state index contributed by atoms with van der Waals surface area (Å²) < 4.78 is 26.7. The third kappa shape index (κ3) is 6.30. The fourth-order valence-electron chi connectivity index (χ4n) is 4.47. The van der Waals surface area contributed by atoms with Crippen LogP contribution in [0.15, 0.2) is 87.8 Å². The van der Waals surface area contributed by atoms with Gasteiger partial charge in [0.2, 0.25) is 0 Å². The lowest BCUT2D eigenvalue weighted by molar-refractivity contribution is -0.143. The summed E-state index contributed by atoms with van der Waals surface area (Å²) in [6, 6.07) is 17.4. The second-order valence-corrected chi connectivity index (χ2v) is 11.6. The van der Waals surface area contributed by atoms with Crippen LogP contribution in [-0.4, -0.2) is 16.6 Å². The molecule has 0 saturated heterocycles. The van der Waals surface area contributed by atoms with Crippen LogP contribution in [-0.2, 0) is 16.1 Å². The first-order chi connectivity index (χ1) is 19.6. The highest BCUT2D eigenvalue weighted by Crippen LogP contribution is 2.32. The van der Waals surface area contributed by atoms with Crippen molar-refractivity contribution in [2.45, 2.75) is 39.5 Å². The SMILES string of the molecule is CC1=C(C(=O)OC(C)C)[C@@H](c2ccc(Cl)cc2)n2c(s/c(=C\c3cc(Cl)ccc3OCc3ccc(F)cc3)c2=O)=N1. The summed E-state index contributed by atoms with van der Waals surface area (Å²) in [5.41, 5.74) is 2.48. The molecule has 0 unspecified atom stereocenters. The van der Waals surface area contributed by atoms with Crippen molar-refractivity contribution in [3.63, 3.8) is 0 Å². The fraction of sp³-hybridized carbons (Fsp3) is 0.194. The maximum atomic E-state index is 13.9. The number of allylic oxidation sites excluding steroid dienone is 1. The van der Waals surface area contributed by atoms with E-state index in [0.29, 0.717) is 42.0 Å². The molecule has 0 saturated carbocycles. The van der Waals surface area contributed by atoms with Gasteiger partial charge in [-0.2, -0.15) is 0 Å². The first-order valence-corrected chi connectivity index (χ1v) is 14.3. The van der Waals surface area contributed by atoms with Crippen LogP contribution >= 0.6 is 34.5 Å². The lowest BCUT2D eigenvalue weighted by atomic mass is 9.96. The topological polar surface area (TPSA) is 69.9 Å². The Balaban J connectivity index is 1.61. The summed E-state index contributed by atoms with van der Waals surface area (Å²) in [4.78, 5) is 32.2. The number of aromatic nitrogens is 1. The molecule has 2 heterocycles. The monoisotopic (exact) mass is 610 g/mol.